The van der Waals surface area contributed by atoms with Crippen molar-refractivity contribution in [2.24, 2.45) is 0 Å². The van der Waals surface area contributed by atoms with Gasteiger partial charge in [-0.25, -0.2) is 47.4 Å². The van der Waals surface area contributed by atoms with Crippen molar-refractivity contribution in [3.8, 4) is 22.9 Å². The fourth-order valence-corrected chi connectivity index (χ4v) is 16.4. The largest absolute Gasteiger partial charge is 0.508 e. The minimum Gasteiger partial charge on any atom is -0.508 e. The van der Waals surface area contributed by atoms with Gasteiger partial charge in [0.25, 0.3) is 20.2 Å². The minimum atomic E-state index is -4.02. The summed E-state index contributed by atoms with van der Waals surface area (Å²) < 4.78 is 100. The van der Waals surface area contributed by atoms with Crippen molar-refractivity contribution in [1.82, 2.24) is 58.2 Å². The molecule has 0 radical (unpaired) electrons. The number of rotatable bonds is 24. The Kier molecular flexibility index (Phi) is 28.3. The maximum atomic E-state index is 12.8. The van der Waals surface area contributed by atoms with E-state index in [9.17, 15) is 31.5 Å². The van der Waals surface area contributed by atoms with Crippen LogP contribution in [-0.2, 0) is 68.0 Å². The van der Waals surface area contributed by atoms with E-state index in [4.69, 9.17) is 78.8 Å². The summed E-state index contributed by atoms with van der Waals surface area (Å²) >= 11 is 25.2. The van der Waals surface area contributed by atoms with E-state index in [1.165, 1.54) is 57.3 Å². The lowest BCUT2D eigenvalue weighted by molar-refractivity contribution is -0.191. The summed E-state index contributed by atoms with van der Waals surface area (Å²) in [7, 11) is -7.96. The number of piperazine rings is 2. The Morgan fingerprint density at radius 2 is 0.842 bits per heavy atom. The maximum absolute atomic E-state index is 12.8. The van der Waals surface area contributed by atoms with Gasteiger partial charge in [0.05, 0.1) is 63.1 Å². The second kappa shape index (κ2) is 38.9. The summed E-state index contributed by atoms with van der Waals surface area (Å²) in [5, 5.41) is 28.1. The molecule has 12 aromatic rings. The molecule has 4 aromatic heterocycles. The lowest BCUT2D eigenvalue weighted by Gasteiger charge is -2.37. The van der Waals surface area contributed by atoms with Crippen LogP contribution in [0.25, 0.3) is 11.4 Å². The average molecular weight is 1760 g/mol. The Labute approximate surface area is 715 Å². The van der Waals surface area contributed by atoms with Gasteiger partial charge in [-0.3, -0.25) is 8.74 Å². The molecular weight excluding hydrogens is 1660 g/mol. The second-order valence-corrected chi connectivity index (χ2v) is 33.9. The Balaban J connectivity index is 0.000000152. The first-order chi connectivity index (χ1) is 57.6. The van der Waals surface area contributed by atoms with Crippen LogP contribution in [0.4, 0.5) is 22.7 Å². The molecule has 2 N–H and O–H groups in total. The van der Waals surface area contributed by atoms with E-state index in [1.807, 2.05) is 96.1 Å². The van der Waals surface area contributed by atoms with Gasteiger partial charge in [-0.15, -0.1) is 0 Å². The number of phenols is 1. The fraction of sp³-hybridized carbons (Fsp3) is 0.333. The van der Waals surface area contributed by atoms with Crippen molar-refractivity contribution in [1.29, 1.82) is 0 Å². The number of hydrogen-bond acceptors (Lipinski definition) is 23. The first kappa shape index (κ1) is 87.4. The zero-order valence-corrected chi connectivity index (χ0v) is 71.3. The maximum Gasteiger partial charge on any atom is 0.350 e. The Bertz CT molecular complexity index is 5730. The summed E-state index contributed by atoms with van der Waals surface area (Å²) in [6, 6.07) is 54.5. The molecule has 16 rings (SSSR count). The standard InChI is InChI=1S/C35H38Cl2N8O4.C22H27N5O2.C20H19Cl2N3O5S.C7H8O3S/c1-3-25(2)45-34(46)44(24-40-45)29-7-5-27(6-8-29)41-14-16-42(17-15-41)28-9-11-30(12-10-28)47-19-31-20-48-35(49-31,21-43-23-38-22-39-43)32-13-4-26(36)18-33(32)37;1-3-17(2)27-22(29)26(16-23-27)20-6-4-18(5-7-20)24-12-14-25(15-13-24)19-8-10-21(28)11-9-19;1-14-2-5-17(6-3-14)31(26,27)29-10-16-9-28-20(30-16,11-25-13-23-12-24-25)18-7-4-15(21)8-19(18)22;1-6-2-4-7(5-3-6)11(8,9)10/h4-13,18,22-25,31H,3,14-17,19-21H2,1-2H3;4-11,16-17,28H,3,12-15H2,1-2H3;2-8,12-13,16H,9-11H2,1H3;2-5H,1H3,(H,8,9,10)/t25?,31-,35-;;16-,20+;/m0.1./s1. The number of aromatic nitrogens is 12. The fourth-order valence-electron chi connectivity index (χ4n) is 13.9. The van der Waals surface area contributed by atoms with Crippen LogP contribution < -0.4 is 35.7 Å². The molecule has 6 atom stereocenters. The van der Waals surface area contributed by atoms with E-state index in [1.54, 1.807) is 99.5 Å². The molecule has 0 bridgehead atoms. The van der Waals surface area contributed by atoms with E-state index in [2.05, 4.69) is 86.4 Å². The van der Waals surface area contributed by atoms with Gasteiger partial charge in [0.15, 0.2) is 0 Å². The number of anilines is 4. The number of nitrogens with zero attached hydrogens (tertiary/aromatic N) is 16. The molecule has 2 unspecified atom stereocenters. The molecule has 4 saturated heterocycles. The number of phenolic OH excluding ortho intramolecular Hbond substituents is 1. The highest BCUT2D eigenvalue weighted by atomic mass is 35.5. The zero-order chi connectivity index (χ0) is 84.9. The van der Waals surface area contributed by atoms with E-state index in [0.29, 0.717) is 50.2 Å². The molecule has 0 spiro atoms. The summed E-state index contributed by atoms with van der Waals surface area (Å²) in [6.07, 6.45) is 9.90. The van der Waals surface area contributed by atoms with E-state index >= 15 is 0 Å². The van der Waals surface area contributed by atoms with Crippen LogP contribution in [0.3, 0.4) is 0 Å². The van der Waals surface area contributed by atoms with Gasteiger partial charge in [-0.05, 0) is 186 Å². The highest BCUT2D eigenvalue weighted by molar-refractivity contribution is 7.86. The quantitative estimate of drug-likeness (QED) is 0.0419. The van der Waals surface area contributed by atoms with Gasteiger partial charge in [0.2, 0.25) is 11.6 Å². The van der Waals surface area contributed by atoms with Crippen LogP contribution >= 0.6 is 46.4 Å². The molecule has 4 aliphatic rings. The third-order valence-electron chi connectivity index (χ3n) is 20.9. The Morgan fingerprint density at radius 1 is 0.475 bits per heavy atom. The van der Waals surface area contributed by atoms with E-state index < -0.39 is 37.9 Å². The van der Waals surface area contributed by atoms with Gasteiger partial charge < -0.3 is 48.4 Å². The van der Waals surface area contributed by atoms with Crippen LogP contribution in [0.15, 0.2) is 239 Å². The van der Waals surface area contributed by atoms with Crippen molar-refractivity contribution < 1.29 is 54.4 Å². The summed E-state index contributed by atoms with van der Waals surface area (Å²) in [6.45, 7) is 20.0. The van der Waals surface area contributed by atoms with Crippen LogP contribution in [0.2, 0.25) is 20.1 Å². The molecule has 0 saturated carbocycles. The average Bonchev–Trinajstić information content (AvgIpc) is 1.60. The molecule has 4 fully saturated rings. The molecule has 0 aliphatic carbocycles. The monoisotopic (exact) mass is 1750 g/mol. The lowest BCUT2D eigenvalue weighted by Crippen LogP contribution is -2.46. The van der Waals surface area contributed by atoms with Gasteiger partial charge in [0, 0.05) is 96.3 Å². The lowest BCUT2D eigenvalue weighted by atomic mass is 10.1. The van der Waals surface area contributed by atoms with Crippen LogP contribution in [0.1, 0.15) is 74.9 Å². The molecule has 36 heteroatoms. The molecular formula is C84H92Cl4N16O14S2. The number of aromatic hydroxyl groups is 1. The number of halogens is 4. The van der Waals surface area contributed by atoms with Crippen LogP contribution in [-0.4, -0.2) is 176 Å². The van der Waals surface area contributed by atoms with E-state index in [-0.39, 0.29) is 65.7 Å². The zero-order valence-electron chi connectivity index (χ0n) is 66.7. The smallest absolute Gasteiger partial charge is 0.350 e. The van der Waals surface area contributed by atoms with Crippen molar-refractivity contribution in [2.45, 2.75) is 113 Å². The second-order valence-electron chi connectivity index (χ2n) is 29.2. The van der Waals surface area contributed by atoms with Crippen molar-refractivity contribution in [3.63, 3.8) is 0 Å². The Hall–Kier alpha value is -10.5. The number of ether oxygens (including phenoxy) is 5. The first-order valence-electron chi connectivity index (χ1n) is 38.9. The third-order valence-corrected chi connectivity index (χ3v) is 24.2. The van der Waals surface area contributed by atoms with Gasteiger partial charge in [0.1, 0.15) is 81.4 Å². The predicted molar refractivity (Wildman–Crippen MR) is 458 cm³/mol. The third kappa shape index (κ3) is 21.5. The van der Waals surface area contributed by atoms with Crippen molar-refractivity contribution in [2.75, 3.05) is 98.4 Å². The van der Waals surface area contributed by atoms with Crippen molar-refractivity contribution >= 4 is 89.4 Å². The molecule has 8 aromatic carbocycles. The summed E-state index contributed by atoms with van der Waals surface area (Å²) in [5.74, 6) is -1.43. The number of hydrogen-bond donors (Lipinski definition) is 2. The topological polar surface area (TPSA) is 318 Å². The Morgan fingerprint density at radius 3 is 1.21 bits per heavy atom. The van der Waals surface area contributed by atoms with Gasteiger partial charge in [-0.1, -0.05) is 108 Å². The highest BCUT2D eigenvalue weighted by Crippen LogP contribution is 2.43. The van der Waals surface area contributed by atoms with Crippen LogP contribution in [0.5, 0.6) is 11.5 Å². The van der Waals surface area contributed by atoms with Gasteiger partial charge >= 0.3 is 11.4 Å². The molecule has 632 valence electrons. The number of aryl methyl sites for hydroxylation is 2. The predicted octanol–water partition coefficient (Wildman–Crippen LogP) is 13.4. The first-order valence-corrected chi connectivity index (χ1v) is 43.3. The summed E-state index contributed by atoms with van der Waals surface area (Å²) in [4.78, 5) is 42.8. The van der Waals surface area contributed by atoms with E-state index in [0.717, 1.165) is 116 Å². The molecule has 120 heavy (non-hydrogen) atoms. The van der Waals surface area contributed by atoms with Crippen LogP contribution in [0, 0.1) is 13.8 Å². The molecule has 30 nitrogen and oxygen atoms in total. The molecule has 8 heterocycles. The van der Waals surface area contributed by atoms with Crippen molar-refractivity contribution in [3.05, 3.63) is 283 Å². The summed E-state index contributed by atoms with van der Waals surface area (Å²) in [5.41, 5.74) is 9.10. The SMILES string of the molecule is CCC(C)n1ncn(-c2ccc(N3CCN(c4ccc(O)cc4)CC3)cc2)c1=O.CCC(C)n1ncn(-c2ccc(N3CCN(c4ccc(OC[C@H]5CO[C@](Cn6cncn6)(c6ccc(Cl)cc6Cl)O5)cc4)CC3)cc2)c1=O.Cc1ccc(S(=O)(=O)O)cc1.Cc1ccc(S(=O)(=O)OC[C@H]2CO[C@](Cn3cncn3)(c3ccc(Cl)cc3Cl)O2)cc1. The normalized spacial score (nSPS) is 18.6. The van der Waals surface area contributed by atoms with Gasteiger partial charge in [-0.2, -0.15) is 37.2 Å². The highest BCUT2D eigenvalue weighted by Gasteiger charge is 2.47. The minimum absolute atomic E-state index is 0.0645. The molecule has 4 aliphatic heterocycles. The number of benzene rings is 8. The molecule has 0 amide bonds.